The molecule has 34 heavy (non-hydrogen) atoms. The van der Waals surface area contributed by atoms with Gasteiger partial charge in [-0.05, 0) is 59.7 Å². The average molecular weight is 487 g/mol. The summed E-state index contributed by atoms with van der Waals surface area (Å²) in [5.41, 5.74) is 2.46. The second kappa shape index (κ2) is 8.64. The minimum Gasteiger partial charge on any atom is -0.301 e. The fourth-order valence-corrected chi connectivity index (χ4v) is 4.91. The predicted octanol–water partition coefficient (Wildman–Crippen LogP) is 5.29. The molecule has 1 aromatic carbocycles. The molecule has 3 aromatic heterocycles. The van der Waals surface area contributed by atoms with Crippen molar-refractivity contribution >= 4 is 22.9 Å². The van der Waals surface area contributed by atoms with Crippen molar-refractivity contribution in [3.63, 3.8) is 0 Å². The van der Waals surface area contributed by atoms with E-state index in [2.05, 4.69) is 15.3 Å². The van der Waals surface area contributed by atoms with Gasteiger partial charge in [0.2, 0.25) is 0 Å². The summed E-state index contributed by atoms with van der Waals surface area (Å²) < 4.78 is 55.6. The Hall–Kier alpha value is -3.60. The molecule has 0 aliphatic carbocycles. The van der Waals surface area contributed by atoms with Crippen molar-refractivity contribution < 1.29 is 22.4 Å². The van der Waals surface area contributed by atoms with Gasteiger partial charge >= 0.3 is 6.18 Å². The molecule has 1 aliphatic heterocycles. The molecule has 1 amide bonds. The lowest BCUT2D eigenvalue weighted by atomic mass is 10.1. The van der Waals surface area contributed by atoms with Crippen LogP contribution in [0.4, 0.5) is 23.2 Å². The van der Waals surface area contributed by atoms with Gasteiger partial charge in [-0.1, -0.05) is 11.3 Å². The van der Waals surface area contributed by atoms with Gasteiger partial charge in [0.15, 0.2) is 0 Å². The lowest BCUT2D eigenvalue weighted by Crippen LogP contribution is -2.42. The Kier molecular flexibility index (Phi) is 5.64. The van der Waals surface area contributed by atoms with Crippen LogP contribution in [0.3, 0.4) is 0 Å². The molecule has 11 heteroatoms. The van der Waals surface area contributed by atoms with E-state index in [9.17, 15) is 22.4 Å². The Bertz CT molecular complexity index is 1330. The minimum atomic E-state index is -4.65. The number of hydrogen-bond acceptors (Lipinski definition) is 5. The largest absolute Gasteiger partial charge is 0.406 e. The molecule has 4 aromatic rings. The lowest BCUT2D eigenvalue weighted by molar-refractivity contribution is -0.134. The highest BCUT2D eigenvalue weighted by atomic mass is 32.1. The normalized spacial score (nSPS) is 16.4. The van der Waals surface area contributed by atoms with Crippen LogP contribution in [-0.4, -0.2) is 38.6 Å². The number of carbonyl (C=O) groups is 1. The van der Waals surface area contributed by atoms with E-state index in [4.69, 9.17) is 0 Å². The predicted molar refractivity (Wildman–Crippen MR) is 119 cm³/mol. The molecule has 0 saturated heterocycles. The van der Waals surface area contributed by atoms with Gasteiger partial charge in [0.05, 0.1) is 16.8 Å². The zero-order valence-corrected chi connectivity index (χ0v) is 18.4. The molecule has 1 atom stereocenters. The summed E-state index contributed by atoms with van der Waals surface area (Å²) in [4.78, 5) is 18.6. The third kappa shape index (κ3) is 4.30. The van der Waals surface area contributed by atoms with E-state index in [1.807, 2.05) is 23.6 Å². The summed E-state index contributed by atoms with van der Waals surface area (Å²) in [5, 5.41) is 10.1. The second-order valence-corrected chi connectivity index (χ2v) is 8.76. The van der Waals surface area contributed by atoms with Crippen molar-refractivity contribution in [2.75, 3.05) is 11.4 Å². The molecule has 0 fully saturated rings. The molecule has 6 nitrogen and oxygen atoms in total. The summed E-state index contributed by atoms with van der Waals surface area (Å²) in [6.45, 7) is -1.51. The number of rotatable bonds is 4. The van der Waals surface area contributed by atoms with Crippen LogP contribution in [0.2, 0.25) is 0 Å². The maximum atomic E-state index is 14.4. The van der Waals surface area contributed by atoms with Crippen LogP contribution in [-0.2, 0) is 11.2 Å². The van der Waals surface area contributed by atoms with E-state index in [0.717, 1.165) is 16.0 Å². The molecule has 0 bridgehead atoms. The maximum absolute atomic E-state index is 14.4. The van der Waals surface area contributed by atoms with Crippen molar-refractivity contribution in [1.29, 1.82) is 0 Å². The quantitative estimate of drug-likeness (QED) is 0.367. The summed E-state index contributed by atoms with van der Waals surface area (Å²) in [6.07, 6.45) is 0.455. The first kappa shape index (κ1) is 22.2. The monoisotopic (exact) mass is 487 g/mol. The molecular weight excluding hydrogens is 470 g/mol. The lowest BCUT2D eigenvalue weighted by Gasteiger charge is -2.26. The third-order valence-corrected chi connectivity index (χ3v) is 6.59. The fraction of sp³-hybridized carbons (Fsp3) is 0.217. The Morgan fingerprint density at radius 2 is 1.91 bits per heavy atom. The van der Waals surface area contributed by atoms with E-state index in [1.165, 1.54) is 34.2 Å². The Labute approximate surface area is 195 Å². The number of pyridine rings is 1. The Morgan fingerprint density at radius 3 is 2.68 bits per heavy atom. The van der Waals surface area contributed by atoms with Gasteiger partial charge in [-0.2, -0.15) is 13.2 Å². The van der Waals surface area contributed by atoms with Crippen molar-refractivity contribution in [1.82, 2.24) is 20.0 Å². The fourth-order valence-electron chi connectivity index (χ4n) is 4.05. The number of hydrogen-bond donors (Lipinski definition) is 0. The SMILES string of the molecule is O=C1C(n2cc(-c3cc(-c4ccncc4)cs3)nn2)CCc2c(F)cccc2N1CC(F)(F)F. The van der Waals surface area contributed by atoms with Gasteiger partial charge in [0, 0.05) is 18.0 Å². The van der Waals surface area contributed by atoms with Gasteiger partial charge in [-0.3, -0.25) is 9.78 Å². The minimum absolute atomic E-state index is 0.0644. The van der Waals surface area contributed by atoms with Crippen LogP contribution in [0.15, 0.2) is 60.4 Å². The summed E-state index contributed by atoms with van der Waals surface area (Å²) in [5.74, 6) is -1.44. The number of fused-ring (bicyclic) bond motifs is 1. The van der Waals surface area contributed by atoms with Gasteiger partial charge in [0.1, 0.15) is 24.1 Å². The number of alkyl halides is 3. The van der Waals surface area contributed by atoms with Crippen LogP contribution in [0.25, 0.3) is 21.7 Å². The molecule has 0 N–H and O–H groups in total. The van der Waals surface area contributed by atoms with Crippen LogP contribution >= 0.6 is 11.3 Å². The first-order valence-corrected chi connectivity index (χ1v) is 11.2. The van der Waals surface area contributed by atoms with E-state index >= 15 is 0 Å². The van der Waals surface area contributed by atoms with Crippen molar-refractivity contribution in [2.24, 2.45) is 0 Å². The zero-order chi connectivity index (χ0) is 23.9. The van der Waals surface area contributed by atoms with Gasteiger partial charge in [-0.25, -0.2) is 9.07 Å². The second-order valence-electron chi connectivity index (χ2n) is 7.85. The van der Waals surface area contributed by atoms with Gasteiger partial charge in [0.25, 0.3) is 5.91 Å². The van der Waals surface area contributed by atoms with Crippen molar-refractivity contribution in [3.05, 3.63) is 71.7 Å². The number of aromatic nitrogens is 4. The molecule has 5 rings (SSSR count). The number of amides is 1. The standard InChI is InChI=1S/C23H17F4N5OS/c24-17-2-1-3-19-16(17)4-5-20(22(33)31(19)13-23(25,26)27)32-11-18(29-30-32)21-10-15(12-34-21)14-6-8-28-9-7-14/h1-3,6-12,20H,4-5,13H2. The van der Waals surface area contributed by atoms with Crippen molar-refractivity contribution in [3.8, 4) is 21.7 Å². The molecule has 174 valence electrons. The number of thiophene rings is 1. The average Bonchev–Trinajstić information content (AvgIpc) is 3.46. The van der Waals surface area contributed by atoms with Crippen molar-refractivity contribution in [2.45, 2.75) is 25.1 Å². The van der Waals surface area contributed by atoms with Gasteiger partial charge < -0.3 is 4.90 Å². The van der Waals surface area contributed by atoms with Crippen LogP contribution < -0.4 is 4.90 Å². The highest BCUT2D eigenvalue weighted by Crippen LogP contribution is 2.36. The molecule has 0 radical (unpaired) electrons. The maximum Gasteiger partial charge on any atom is 0.406 e. The van der Waals surface area contributed by atoms with E-state index in [-0.39, 0.29) is 24.1 Å². The molecule has 0 saturated carbocycles. The highest BCUT2D eigenvalue weighted by Gasteiger charge is 2.40. The first-order valence-electron chi connectivity index (χ1n) is 10.4. The van der Waals surface area contributed by atoms with Crippen LogP contribution in [0.5, 0.6) is 0 Å². The number of anilines is 1. The zero-order valence-electron chi connectivity index (χ0n) is 17.5. The summed E-state index contributed by atoms with van der Waals surface area (Å²) >= 11 is 1.43. The number of carbonyl (C=O) groups excluding carboxylic acids is 1. The third-order valence-electron chi connectivity index (χ3n) is 5.64. The van der Waals surface area contributed by atoms with Crippen LogP contribution in [0, 0.1) is 5.82 Å². The smallest absolute Gasteiger partial charge is 0.301 e. The molecular formula is C23H17F4N5OS. The van der Waals surface area contributed by atoms with E-state index in [1.54, 1.807) is 18.6 Å². The summed E-state index contributed by atoms with van der Waals surface area (Å²) in [7, 11) is 0. The highest BCUT2D eigenvalue weighted by molar-refractivity contribution is 7.14. The first-order chi connectivity index (χ1) is 16.3. The Morgan fingerprint density at radius 1 is 1.12 bits per heavy atom. The van der Waals surface area contributed by atoms with Crippen LogP contribution in [0.1, 0.15) is 18.0 Å². The number of halogens is 4. The molecule has 1 unspecified atom stereocenters. The number of benzene rings is 1. The topological polar surface area (TPSA) is 63.9 Å². The van der Waals surface area contributed by atoms with E-state index < -0.39 is 30.5 Å². The molecule has 1 aliphatic rings. The molecule has 0 spiro atoms. The number of nitrogens with zero attached hydrogens (tertiary/aromatic N) is 5. The van der Waals surface area contributed by atoms with Gasteiger partial charge in [-0.15, -0.1) is 16.4 Å². The van der Waals surface area contributed by atoms with E-state index in [0.29, 0.717) is 10.6 Å². The molecule has 4 heterocycles. The summed E-state index contributed by atoms with van der Waals surface area (Å²) in [6, 6.07) is 8.44. The Balaban J connectivity index is 1.46.